The van der Waals surface area contributed by atoms with Gasteiger partial charge in [-0.15, -0.1) is 0 Å². The van der Waals surface area contributed by atoms with Gasteiger partial charge in [-0.1, -0.05) is 26.0 Å². The Kier molecular flexibility index (Phi) is 5.56. The average molecular weight is 503 g/mol. The van der Waals surface area contributed by atoms with E-state index in [0.29, 0.717) is 23.8 Å². The van der Waals surface area contributed by atoms with E-state index in [4.69, 9.17) is 9.15 Å². The van der Waals surface area contributed by atoms with Gasteiger partial charge in [0.2, 0.25) is 5.91 Å². The zero-order valence-corrected chi connectivity index (χ0v) is 21.9. The first-order valence-electron chi connectivity index (χ1n) is 14.2. The lowest BCUT2D eigenvalue weighted by atomic mass is 9.51. The van der Waals surface area contributed by atoms with Gasteiger partial charge in [-0.05, 0) is 74.3 Å². The van der Waals surface area contributed by atoms with Crippen molar-refractivity contribution in [2.24, 2.45) is 17.8 Å². The van der Waals surface area contributed by atoms with Crippen LogP contribution in [-0.4, -0.2) is 64.7 Å². The molecule has 7 atom stereocenters. The van der Waals surface area contributed by atoms with Crippen molar-refractivity contribution in [3.63, 3.8) is 0 Å². The largest absolute Gasteiger partial charge is 0.487 e. The highest BCUT2D eigenvalue weighted by molar-refractivity contribution is 5.92. The van der Waals surface area contributed by atoms with Crippen LogP contribution >= 0.6 is 0 Å². The van der Waals surface area contributed by atoms with Crippen molar-refractivity contribution in [1.82, 2.24) is 9.80 Å². The molecule has 1 amide bonds. The highest BCUT2D eigenvalue weighted by Gasteiger charge is 2.66. The standard InChI is InChI=1S/C31H38N2O4/c1-19(2)16-33(28(35)9-6-20-10-13-36-18-20)24-8-7-23-25-14-21-4-3-5-27-29(21)31(23,30(24)37-27)11-12-32(25)17-22-15-26(22)34/h3-6,9-10,13,18-19,22-26,30,34H,7-8,11-12,14-17H2,1-2H3/t22?,23-,24-,25+,26?,30-,31-/m0/s1. The van der Waals surface area contributed by atoms with Crippen LogP contribution in [0.4, 0.5) is 0 Å². The van der Waals surface area contributed by atoms with E-state index in [1.165, 1.54) is 11.1 Å². The Balaban J connectivity index is 1.24. The smallest absolute Gasteiger partial charge is 0.246 e. The predicted octanol–water partition coefficient (Wildman–Crippen LogP) is 4.27. The second-order valence-corrected chi connectivity index (χ2v) is 12.5. The van der Waals surface area contributed by atoms with Crippen LogP contribution in [0.25, 0.3) is 6.08 Å². The van der Waals surface area contributed by atoms with Crippen molar-refractivity contribution in [2.45, 2.75) is 75.7 Å². The SMILES string of the molecule is CC(C)CN(C(=O)C=Cc1ccoc1)[C@H]1CC[C@H]2[C@H]3Cc4cccc5c4[C@@]2(CCN3CC2CC2O)[C@H]1O5. The first-order valence-corrected chi connectivity index (χ1v) is 14.2. The number of nitrogens with zero attached hydrogens (tertiary/aromatic N) is 2. The number of benzene rings is 1. The molecule has 2 unspecified atom stereocenters. The number of carbonyl (C=O) groups excluding carboxylic acids is 1. The summed E-state index contributed by atoms with van der Waals surface area (Å²) in [5.74, 6) is 2.45. The minimum Gasteiger partial charge on any atom is -0.487 e. The van der Waals surface area contributed by atoms with Gasteiger partial charge in [-0.3, -0.25) is 9.69 Å². The summed E-state index contributed by atoms with van der Waals surface area (Å²) in [4.78, 5) is 18.5. The molecule has 1 N–H and O–H groups in total. The molecule has 1 saturated heterocycles. The van der Waals surface area contributed by atoms with Gasteiger partial charge in [-0.2, -0.15) is 0 Å². The number of likely N-dealkylation sites (tertiary alicyclic amines) is 1. The molecule has 3 aliphatic carbocycles. The summed E-state index contributed by atoms with van der Waals surface area (Å²) in [7, 11) is 0. The van der Waals surface area contributed by atoms with Gasteiger partial charge in [0.25, 0.3) is 0 Å². The lowest BCUT2D eigenvalue weighted by molar-refractivity contribution is -0.138. The van der Waals surface area contributed by atoms with E-state index in [2.05, 4.69) is 41.8 Å². The molecular weight excluding hydrogens is 464 g/mol. The van der Waals surface area contributed by atoms with E-state index < -0.39 is 0 Å². The van der Waals surface area contributed by atoms with Gasteiger partial charge in [0, 0.05) is 47.7 Å². The Morgan fingerprint density at radius 3 is 2.92 bits per heavy atom. The number of aliphatic hydroxyl groups is 1. The highest BCUT2D eigenvalue weighted by Crippen LogP contribution is 2.63. The summed E-state index contributed by atoms with van der Waals surface area (Å²) >= 11 is 0. The van der Waals surface area contributed by atoms with Gasteiger partial charge in [0.05, 0.1) is 24.7 Å². The van der Waals surface area contributed by atoms with Crippen LogP contribution in [0.15, 0.2) is 47.3 Å². The van der Waals surface area contributed by atoms with Crippen molar-refractivity contribution in [1.29, 1.82) is 0 Å². The van der Waals surface area contributed by atoms with Crippen LogP contribution in [0.1, 0.15) is 56.2 Å². The van der Waals surface area contributed by atoms with Crippen LogP contribution in [0.5, 0.6) is 5.75 Å². The molecule has 3 heterocycles. The van der Waals surface area contributed by atoms with Gasteiger partial charge in [-0.25, -0.2) is 0 Å². The molecule has 37 heavy (non-hydrogen) atoms. The lowest BCUT2D eigenvalue weighted by Gasteiger charge is -2.60. The topological polar surface area (TPSA) is 66.2 Å². The zero-order valence-electron chi connectivity index (χ0n) is 21.9. The summed E-state index contributed by atoms with van der Waals surface area (Å²) < 4.78 is 12.1. The fourth-order valence-electron chi connectivity index (χ4n) is 8.26. The fraction of sp³-hybridized carbons (Fsp3) is 0.581. The molecule has 6 nitrogen and oxygen atoms in total. The molecule has 5 aliphatic rings. The van der Waals surface area contributed by atoms with Crippen molar-refractivity contribution in [2.75, 3.05) is 19.6 Å². The van der Waals surface area contributed by atoms with Crippen molar-refractivity contribution < 1.29 is 19.1 Å². The Morgan fingerprint density at radius 1 is 1.30 bits per heavy atom. The first kappa shape index (κ1) is 23.5. The van der Waals surface area contributed by atoms with E-state index >= 15 is 0 Å². The number of rotatable bonds is 7. The number of aliphatic hydroxyl groups excluding tert-OH is 1. The van der Waals surface area contributed by atoms with Crippen LogP contribution in [0, 0.1) is 17.8 Å². The number of hydrogen-bond donors (Lipinski definition) is 1. The maximum absolute atomic E-state index is 13.7. The summed E-state index contributed by atoms with van der Waals surface area (Å²) in [6.07, 6.45) is 11.9. The van der Waals surface area contributed by atoms with Crippen LogP contribution in [-0.2, 0) is 16.6 Å². The Bertz CT molecular complexity index is 1210. The molecule has 0 radical (unpaired) electrons. The highest BCUT2D eigenvalue weighted by atomic mass is 16.5. The Morgan fingerprint density at radius 2 is 2.16 bits per heavy atom. The molecular formula is C31H38N2O4. The summed E-state index contributed by atoms with van der Waals surface area (Å²) in [5.41, 5.74) is 3.75. The second kappa shape index (κ2) is 8.74. The molecule has 3 fully saturated rings. The number of carbonyl (C=O) groups is 1. The summed E-state index contributed by atoms with van der Waals surface area (Å²) in [6, 6.07) is 9.02. The lowest BCUT2D eigenvalue weighted by Crippen LogP contribution is -2.69. The first-order chi connectivity index (χ1) is 18.0. The fourth-order valence-corrected chi connectivity index (χ4v) is 8.26. The monoisotopic (exact) mass is 502 g/mol. The third-order valence-corrected chi connectivity index (χ3v) is 9.86. The third kappa shape index (κ3) is 3.70. The summed E-state index contributed by atoms with van der Waals surface area (Å²) in [5, 5.41) is 10.1. The van der Waals surface area contributed by atoms with E-state index in [1.807, 2.05) is 12.1 Å². The Labute approximate surface area is 219 Å². The minimum atomic E-state index is -0.109. The van der Waals surface area contributed by atoms with E-state index in [0.717, 1.165) is 63.1 Å². The number of ether oxygens (including phenoxy) is 1. The third-order valence-electron chi connectivity index (χ3n) is 9.86. The normalized spacial score (nSPS) is 35.5. The number of furan rings is 1. The predicted molar refractivity (Wildman–Crippen MR) is 141 cm³/mol. The Hall–Kier alpha value is -2.57. The molecule has 2 aromatic rings. The number of piperidine rings is 1. The minimum absolute atomic E-state index is 0.0103. The molecule has 2 aliphatic heterocycles. The van der Waals surface area contributed by atoms with Gasteiger partial charge in [0.15, 0.2) is 0 Å². The molecule has 2 saturated carbocycles. The number of hydrogen-bond acceptors (Lipinski definition) is 5. The molecule has 196 valence electrons. The van der Waals surface area contributed by atoms with Crippen molar-refractivity contribution >= 4 is 12.0 Å². The maximum Gasteiger partial charge on any atom is 0.246 e. The zero-order chi connectivity index (χ0) is 25.3. The van der Waals surface area contributed by atoms with Crippen LogP contribution in [0.3, 0.4) is 0 Å². The molecule has 1 spiro atoms. The average Bonchev–Trinajstić information content (AvgIpc) is 3.24. The molecule has 7 rings (SSSR count). The maximum atomic E-state index is 13.7. The van der Waals surface area contributed by atoms with Crippen LogP contribution < -0.4 is 4.74 Å². The molecule has 6 heteroatoms. The quantitative estimate of drug-likeness (QED) is 0.573. The van der Waals surface area contributed by atoms with Crippen molar-refractivity contribution in [3.05, 3.63) is 59.6 Å². The number of amides is 1. The van der Waals surface area contributed by atoms with Gasteiger partial charge < -0.3 is 19.2 Å². The molecule has 2 bridgehead atoms. The van der Waals surface area contributed by atoms with Crippen LogP contribution in [0.2, 0.25) is 0 Å². The summed E-state index contributed by atoms with van der Waals surface area (Å²) in [6.45, 7) is 7.15. The van der Waals surface area contributed by atoms with Crippen molar-refractivity contribution in [3.8, 4) is 5.75 Å². The van der Waals surface area contributed by atoms with E-state index in [1.54, 1.807) is 18.6 Å². The van der Waals surface area contributed by atoms with E-state index in [-0.39, 0.29) is 29.6 Å². The second-order valence-electron chi connectivity index (χ2n) is 12.5. The van der Waals surface area contributed by atoms with Gasteiger partial charge >= 0.3 is 0 Å². The molecule has 1 aromatic carbocycles. The van der Waals surface area contributed by atoms with E-state index in [9.17, 15) is 9.90 Å². The van der Waals surface area contributed by atoms with Gasteiger partial charge in [0.1, 0.15) is 11.9 Å². The molecule has 1 aromatic heterocycles.